The summed E-state index contributed by atoms with van der Waals surface area (Å²) < 4.78 is 0. The summed E-state index contributed by atoms with van der Waals surface area (Å²) in [4.78, 5) is 10.9. The molecule has 0 aliphatic heterocycles. The predicted molar refractivity (Wildman–Crippen MR) is 66.5 cm³/mol. The van der Waals surface area contributed by atoms with Crippen LogP contribution in [0.1, 0.15) is 32.8 Å². The Bertz CT molecular complexity index is 293. The van der Waals surface area contributed by atoms with Crippen molar-refractivity contribution in [2.24, 2.45) is 0 Å². The molecule has 1 aromatic rings. The highest BCUT2D eigenvalue weighted by Gasteiger charge is 1.96. The Labute approximate surface area is 97.5 Å². The van der Waals surface area contributed by atoms with Crippen molar-refractivity contribution in [2.45, 2.75) is 33.6 Å². The normalized spacial score (nSPS) is 8.94. The van der Waals surface area contributed by atoms with Gasteiger partial charge in [-0.05, 0) is 24.1 Å². The van der Waals surface area contributed by atoms with E-state index in [1.807, 2.05) is 32.9 Å². The molecule has 2 N–H and O–H groups in total. The van der Waals surface area contributed by atoms with Crippen LogP contribution in [0.25, 0.3) is 0 Å². The molecule has 3 nitrogen and oxygen atoms in total. The van der Waals surface area contributed by atoms with Gasteiger partial charge in [-0.2, -0.15) is 0 Å². The van der Waals surface area contributed by atoms with E-state index in [9.17, 15) is 4.79 Å². The topological polar surface area (TPSA) is 49.3 Å². The number of carbonyl (C=O) groups excluding carboxylic acids is 1. The van der Waals surface area contributed by atoms with Crippen molar-refractivity contribution in [3.8, 4) is 5.75 Å². The van der Waals surface area contributed by atoms with Crippen LogP contribution in [-0.4, -0.2) is 17.6 Å². The standard InChI is InChI=1S/C11H15NO2.C2H6/c1-2-11(14)12-8-7-9-3-5-10(13)6-4-9;1-2/h3-6,13H,2,7-8H2,1H3,(H,12,14);1-2H3. The van der Waals surface area contributed by atoms with Gasteiger partial charge in [0.2, 0.25) is 5.91 Å². The number of carbonyl (C=O) groups is 1. The lowest BCUT2D eigenvalue weighted by Crippen LogP contribution is -2.24. The van der Waals surface area contributed by atoms with E-state index in [1.54, 1.807) is 12.1 Å². The van der Waals surface area contributed by atoms with E-state index in [0.717, 1.165) is 12.0 Å². The number of rotatable bonds is 4. The lowest BCUT2D eigenvalue weighted by molar-refractivity contribution is -0.120. The Morgan fingerprint density at radius 3 is 2.31 bits per heavy atom. The summed E-state index contributed by atoms with van der Waals surface area (Å²) in [5.41, 5.74) is 1.11. The van der Waals surface area contributed by atoms with Gasteiger partial charge in [-0.3, -0.25) is 4.79 Å². The fourth-order valence-corrected chi connectivity index (χ4v) is 1.13. The number of phenolic OH excluding ortho intramolecular Hbond substituents is 1. The zero-order valence-electron chi connectivity index (χ0n) is 10.3. The fourth-order valence-electron chi connectivity index (χ4n) is 1.13. The zero-order chi connectivity index (χ0) is 12.4. The number of benzene rings is 1. The average Bonchev–Trinajstić information content (AvgIpc) is 2.34. The van der Waals surface area contributed by atoms with Crippen LogP contribution in [-0.2, 0) is 11.2 Å². The molecular formula is C13H21NO2. The van der Waals surface area contributed by atoms with Crippen LogP contribution in [0.3, 0.4) is 0 Å². The maximum absolute atomic E-state index is 10.9. The molecule has 1 amide bonds. The Morgan fingerprint density at radius 1 is 1.25 bits per heavy atom. The number of aromatic hydroxyl groups is 1. The van der Waals surface area contributed by atoms with Gasteiger partial charge in [-0.1, -0.05) is 32.9 Å². The van der Waals surface area contributed by atoms with Gasteiger partial charge in [-0.15, -0.1) is 0 Å². The van der Waals surface area contributed by atoms with Gasteiger partial charge in [0, 0.05) is 13.0 Å². The molecule has 0 saturated heterocycles. The summed E-state index contributed by atoms with van der Waals surface area (Å²) >= 11 is 0. The number of nitrogens with one attached hydrogen (secondary N) is 1. The maximum atomic E-state index is 10.9. The van der Waals surface area contributed by atoms with Crippen molar-refractivity contribution in [2.75, 3.05) is 6.54 Å². The lowest BCUT2D eigenvalue weighted by atomic mass is 10.1. The van der Waals surface area contributed by atoms with Crippen LogP contribution in [0.15, 0.2) is 24.3 Å². The lowest BCUT2D eigenvalue weighted by Gasteiger charge is -2.03. The first-order valence-corrected chi connectivity index (χ1v) is 5.77. The third kappa shape index (κ3) is 6.06. The Morgan fingerprint density at radius 2 is 1.81 bits per heavy atom. The summed E-state index contributed by atoms with van der Waals surface area (Å²) in [5.74, 6) is 0.343. The smallest absolute Gasteiger partial charge is 0.219 e. The molecule has 0 aliphatic rings. The molecule has 1 aromatic carbocycles. The molecule has 16 heavy (non-hydrogen) atoms. The van der Waals surface area contributed by atoms with Gasteiger partial charge in [0.1, 0.15) is 5.75 Å². The fraction of sp³-hybridized carbons (Fsp3) is 0.462. The average molecular weight is 223 g/mol. The first kappa shape index (κ1) is 14.5. The second-order valence-corrected chi connectivity index (χ2v) is 3.12. The van der Waals surface area contributed by atoms with Gasteiger partial charge < -0.3 is 10.4 Å². The summed E-state index contributed by atoms with van der Waals surface area (Å²) in [6.07, 6.45) is 1.32. The Kier molecular flexibility index (Phi) is 7.94. The van der Waals surface area contributed by atoms with E-state index in [4.69, 9.17) is 5.11 Å². The summed E-state index contributed by atoms with van der Waals surface area (Å²) in [7, 11) is 0. The summed E-state index contributed by atoms with van der Waals surface area (Å²) in [5, 5.41) is 11.8. The van der Waals surface area contributed by atoms with Crippen molar-refractivity contribution >= 4 is 5.91 Å². The van der Waals surface area contributed by atoms with Gasteiger partial charge in [-0.25, -0.2) is 0 Å². The second-order valence-electron chi connectivity index (χ2n) is 3.12. The number of amides is 1. The molecule has 0 heterocycles. The van der Waals surface area contributed by atoms with Gasteiger partial charge in [0.15, 0.2) is 0 Å². The molecular weight excluding hydrogens is 202 g/mol. The monoisotopic (exact) mass is 223 g/mol. The highest BCUT2D eigenvalue weighted by Crippen LogP contribution is 2.09. The quantitative estimate of drug-likeness (QED) is 0.824. The summed E-state index contributed by atoms with van der Waals surface area (Å²) in [6.45, 7) is 6.48. The van der Waals surface area contributed by atoms with Crippen molar-refractivity contribution in [3.63, 3.8) is 0 Å². The van der Waals surface area contributed by atoms with Crippen LogP contribution in [0.4, 0.5) is 0 Å². The van der Waals surface area contributed by atoms with E-state index in [0.29, 0.717) is 13.0 Å². The van der Waals surface area contributed by atoms with Crippen molar-refractivity contribution < 1.29 is 9.90 Å². The molecule has 3 heteroatoms. The molecule has 0 unspecified atom stereocenters. The van der Waals surface area contributed by atoms with Crippen molar-refractivity contribution in [1.29, 1.82) is 0 Å². The Balaban J connectivity index is 0.00000106. The highest BCUT2D eigenvalue weighted by atomic mass is 16.3. The van der Waals surface area contributed by atoms with Crippen LogP contribution >= 0.6 is 0 Å². The highest BCUT2D eigenvalue weighted by molar-refractivity contribution is 5.75. The zero-order valence-corrected chi connectivity index (χ0v) is 10.3. The largest absolute Gasteiger partial charge is 0.508 e. The van der Waals surface area contributed by atoms with Crippen LogP contribution in [0.5, 0.6) is 5.75 Å². The maximum Gasteiger partial charge on any atom is 0.219 e. The predicted octanol–water partition coefficient (Wildman–Crippen LogP) is 2.49. The van der Waals surface area contributed by atoms with Crippen LogP contribution in [0.2, 0.25) is 0 Å². The number of hydrogen-bond acceptors (Lipinski definition) is 2. The molecule has 0 aromatic heterocycles. The van der Waals surface area contributed by atoms with Crippen molar-refractivity contribution in [3.05, 3.63) is 29.8 Å². The van der Waals surface area contributed by atoms with E-state index < -0.39 is 0 Å². The molecule has 0 spiro atoms. The van der Waals surface area contributed by atoms with Gasteiger partial charge >= 0.3 is 0 Å². The first-order valence-electron chi connectivity index (χ1n) is 5.77. The minimum Gasteiger partial charge on any atom is -0.508 e. The van der Waals surface area contributed by atoms with E-state index in [1.165, 1.54) is 0 Å². The third-order valence-electron chi connectivity index (χ3n) is 1.99. The molecule has 0 fully saturated rings. The van der Waals surface area contributed by atoms with E-state index in [2.05, 4.69) is 5.32 Å². The molecule has 90 valence electrons. The molecule has 0 saturated carbocycles. The SMILES string of the molecule is CC.CCC(=O)NCCc1ccc(O)cc1. The van der Waals surface area contributed by atoms with E-state index in [-0.39, 0.29) is 11.7 Å². The molecule has 0 aliphatic carbocycles. The number of phenols is 1. The second kappa shape index (κ2) is 8.77. The number of hydrogen-bond donors (Lipinski definition) is 2. The van der Waals surface area contributed by atoms with Gasteiger partial charge in [0.05, 0.1) is 0 Å². The molecule has 0 radical (unpaired) electrons. The molecule has 1 rings (SSSR count). The molecule has 0 atom stereocenters. The first-order chi connectivity index (χ1) is 7.72. The summed E-state index contributed by atoms with van der Waals surface area (Å²) in [6, 6.07) is 7.01. The van der Waals surface area contributed by atoms with Crippen LogP contribution in [0, 0.1) is 0 Å². The van der Waals surface area contributed by atoms with Crippen LogP contribution < -0.4 is 5.32 Å². The van der Waals surface area contributed by atoms with E-state index >= 15 is 0 Å². The third-order valence-corrected chi connectivity index (χ3v) is 1.99. The Hall–Kier alpha value is -1.51. The minimum atomic E-state index is 0.0729. The minimum absolute atomic E-state index is 0.0729. The molecule has 0 bridgehead atoms. The van der Waals surface area contributed by atoms with Crippen molar-refractivity contribution in [1.82, 2.24) is 5.32 Å². The van der Waals surface area contributed by atoms with Gasteiger partial charge in [0.25, 0.3) is 0 Å².